The molecule has 0 radical (unpaired) electrons. The standard InChI is InChI=1S/C12H20N2/c1-9(2)14(4)8-11-6-5-7-12(13)10(11)3/h5-7,9H,8,13H2,1-4H3. The van der Waals surface area contributed by atoms with Crippen LogP contribution < -0.4 is 5.73 Å². The highest BCUT2D eigenvalue weighted by Crippen LogP contribution is 2.17. The van der Waals surface area contributed by atoms with E-state index in [2.05, 4.69) is 38.8 Å². The van der Waals surface area contributed by atoms with E-state index in [0.717, 1.165) is 12.2 Å². The highest BCUT2D eigenvalue weighted by molar-refractivity contribution is 5.49. The third-order valence-electron chi connectivity index (χ3n) is 2.79. The summed E-state index contributed by atoms with van der Waals surface area (Å²) in [7, 11) is 2.13. The first-order valence-corrected chi connectivity index (χ1v) is 5.06. The summed E-state index contributed by atoms with van der Waals surface area (Å²) in [5.41, 5.74) is 9.27. The molecule has 0 aliphatic carbocycles. The van der Waals surface area contributed by atoms with Gasteiger partial charge in [0.05, 0.1) is 0 Å². The van der Waals surface area contributed by atoms with Gasteiger partial charge in [-0.1, -0.05) is 12.1 Å². The predicted octanol–water partition coefficient (Wildman–Crippen LogP) is 2.42. The van der Waals surface area contributed by atoms with E-state index in [4.69, 9.17) is 5.73 Å². The van der Waals surface area contributed by atoms with E-state index in [1.54, 1.807) is 0 Å². The topological polar surface area (TPSA) is 29.3 Å². The molecular formula is C12H20N2. The van der Waals surface area contributed by atoms with E-state index >= 15 is 0 Å². The van der Waals surface area contributed by atoms with Crippen molar-refractivity contribution in [1.29, 1.82) is 0 Å². The van der Waals surface area contributed by atoms with Crippen LogP contribution >= 0.6 is 0 Å². The third-order valence-corrected chi connectivity index (χ3v) is 2.79. The summed E-state index contributed by atoms with van der Waals surface area (Å²) < 4.78 is 0. The van der Waals surface area contributed by atoms with Gasteiger partial charge in [0.15, 0.2) is 0 Å². The zero-order valence-electron chi connectivity index (χ0n) is 9.54. The van der Waals surface area contributed by atoms with E-state index in [9.17, 15) is 0 Å². The van der Waals surface area contributed by atoms with Crippen molar-refractivity contribution in [1.82, 2.24) is 4.90 Å². The lowest BCUT2D eigenvalue weighted by molar-refractivity contribution is 0.265. The zero-order valence-corrected chi connectivity index (χ0v) is 9.54. The van der Waals surface area contributed by atoms with Crippen LogP contribution in [0.15, 0.2) is 18.2 Å². The number of hydrogen-bond donors (Lipinski definition) is 1. The fraction of sp³-hybridized carbons (Fsp3) is 0.500. The Balaban J connectivity index is 2.82. The number of anilines is 1. The SMILES string of the molecule is Cc1c(N)cccc1CN(C)C(C)C. The molecule has 0 spiro atoms. The summed E-state index contributed by atoms with van der Waals surface area (Å²) in [6.07, 6.45) is 0. The van der Waals surface area contributed by atoms with E-state index in [1.165, 1.54) is 11.1 Å². The third kappa shape index (κ3) is 2.48. The number of nitrogen functional groups attached to an aromatic ring is 1. The highest BCUT2D eigenvalue weighted by Gasteiger charge is 2.07. The van der Waals surface area contributed by atoms with Crippen molar-refractivity contribution in [2.75, 3.05) is 12.8 Å². The molecule has 0 atom stereocenters. The van der Waals surface area contributed by atoms with Gasteiger partial charge in [0.2, 0.25) is 0 Å². The van der Waals surface area contributed by atoms with Gasteiger partial charge in [-0.3, -0.25) is 4.90 Å². The van der Waals surface area contributed by atoms with Crippen molar-refractivity contribution in [3.05, 3.63) is 29.3 Å². The van der Waals surface area contributed by atoms with Crippen molar-refractivity contribution in [3.63, 3.8) is 0 Å². The van der Waals surface area contributed by atoms with E-state index in [0.29, 0.717) is 6.04 Å². The Morgan fingerprint density at radius 3 is 2.57 bits per heavy atom. The molecule has 0 fully saturated rings. The van der Waals surface area contributed by atoms with Crippen LogP contribution in [-0.2, 0) is 6.54 Å². The molecule has 1 aromatic rings. The molecular weight excluding hydrogens is 172 g/mol. The van der Waals surface area contributed by atoms with Gasteiger partial charge in [-0.2, -0.15) is 0 Å². The minimum Gasteiger partial charge on any atom is -0.399 e. The van der Waals surface area contributed by atoms with Crippen molar-refractivity contribution in [3.8, 4) is 0 Å². The molecule has 0 aromatic heterocycles. The Hall–Kier alpha value is -1.02. The molecule has 0 unspecified atom stereocenters. The lowest BCUT2D eigenvalue weighted by Gasteiger charge is -2.22. The predicted molar refractivity (Wildman–Crippen MR) is 62.2 cm³/mol. The summed E-state index contributed by atoms with van der Waals surface area (Å²) in [6.45, 7) is 7.44. The van der Waals surface area contributed by atoms with Crippen molar-refractivity contribution < 1.29 is 0 Å². The molecule has 78 valence electrons. The highest BCUT2D eigenvalue weighted by atomic mass is 15.1. The van der Waals surface area contributed by atoms with Crippen LogP contribution in [0.4, 0.5) is 5.69 Å². The number of nitrogens with zero attached hydrogens (tertiary/aromatic N) is 1. The van der Waals surface area contributed by atoms with Crippen molar-refractivity contribution in [2.45, 2.75) is 33.4 Å². The van der Waals surface area contributed by atoms with Crippen LogP contribution in [0.2, 0.25) is 0 Å². The molecule has 2 N–H and O–H groups in total. The van der Waals surface area contributed by atoms with Gasteiger partial charge in [0.25, 0.3) is 0 Å². The second-order valence-corrected chi connectivity index (χ2v) is 4.14. The first-order valence-electron chi connectivity index (χ1n) is 5.06. The van der Waals surface area contributed by atoms with Gasteiger partial charge in [-0.25, -0.2) is 0 Å². The van der Waals surface area contributed by atoms with Crippen LogP contribution in [0.5, 0.6) is 0 Å². The van der Waals surface area contributed by atoms with Crippen LogP contribution in [0, 0.1) is 6.92 Å². The van der Waals surface area contributed by atoms with Crippen molar-refractivity contribution in [2.24, 2.45) is 0 Å². The molecule has 0 saturated carbocycles. The molecule has 0 aliphatic heterocycles. The summed E-state index contributed by atoms with van der Waals surface area (Å²) in [5.74, 6) is 0. The molecule has 0 heterocycles. The molecule has 1 aromatic carbocycles. The summed E-state index contributed by atoms with van der Waals surface area (Å²) >= 11 is 0. The molecule has 0 amide bonds. The Bertz CT molecular complexity index is 305. The molecule has 0 aliphatic rings. The van der Waals surface area contributed by atoms with E-state index in [1.807, 2.05) is 12.1 Å². The summed E-state index contributed by atoms with van der Waals surface area (Å²) in [6, 6.07) is 6.68. The fourth-order valence-electron chi connectivity index (χ4n) is 1.33. The molecule has 0 bridgehead atoms. The maximum absolute atomic E-state index is 5.85. The van der Waals surface area contributed by atoms with Crippen LogP contribution in [-0.4, -0.2) is 18.0 Å². The lowest BCUT2D eigenvalue weighted by atomic mass is 10.1. The number of rotatable bonds is 3. The molecule has 2 nitrogen and oxygen atoms in total. The lowest BCUT2D eigenvalue weighted by Crippen LogP contribution is -2.26. The molecule has 14 heavy (non-hydrogen) atoms. The van der Waals surface area contributed by atoms with Gasteiger partial charge >= 0.3 is 0 Å². The molecule has 0 saturated heterocycles. The second kappa shape index (κ2) is 4.47. The fourth-order valence-corrected chi connectivity index (χ4v) is 1.33. The second-order valence-electron chi connectivity index (χ2n) is 4.14. The first-order chi connectivity index (χ1) is 6.52. The molecule has 2 heteroatoms. The van der Waals surface area contributed by atoms with Crippen molar-refractivity contribution >= 4 is 5.69 Å². The quantitative estimate of drug-likeness (QED) is 0.745. The monoisotopic (exact) mass is 192 g/mol. The van der Waals surface area contributed by atoms with E-state index in [-0.39, 0.29) is 0 Å². The molecule has 1 rings (SSSR count). The number of benzene rings is 1. The Morgan fingerprint density at radius 2 is 2.00 bits per heavy atom. The summed E-state index contributed by atoms with van der Waals surface area (Å²) in [4.78, 5) is 2.31. The minimum atomic E-state index is 0.566. The van der Waals surface area contributed by atoms with E-state index < -0.39 is 0 Å². The zero-order chi connectivity index (χ0) is 10.7. The Labute approximate surface area is 86.7 Å². The normalized spacial score (nSPS) is 11.3. The smallest absolute Gasteiger partial charge is 0.0346 e. The maximum atomic E-state index is 5.85. The average molecular weight is 192 g/mol. The minimum absolute atomic E-state index is 0.566. The van der Waals surface area contributed by atoms with Gasteiger partial charge in [0, 0.05) is 18.3 Å². The number of nitrogens with two attached hydrogens (primary N) is 1. The van der Waals surface area contributed by atoms with Crippen LogP contribution in [0.1, 0.15) is 25.0 Å². The first kappa shape index (κ1) is 11.1. The van der Waals surface area contributed by atoms with Gasteiger partial charge < -0.3 is 5.73 Å². The maximum Gasteiger partial charge on any atom is 0.0346 e. The average Bonchev–Trinajstić information content (AvgIpc) is 2.12. The van der Waals surface area contributed by atoms with Crippen LogP contribution in [0.3, 0.4) is 0 Å². The van der Waals surface area contributed by atoms with Gasteiger partial charge in [0.1, 0.15) is 0 Å². The number of hydrogen-bond acceptors (Lipinski definition) is 2. The largest absolute Gasteiger partial charge is 0.399 e. The van der Waals surface area contributed by atoms with Crippen LogP contribution in [0.25, 0.3) is 0 Å². The Kier molecular flexibility index (Phi) is 3.53. The summed E-state index contributed by atoms with van der Waals surface area (Å²) in [5, 5.41) is 0. The Morgan fingerprint density at radius 1 is 1.36 bits per heavy atom. The van der Waals surface area contributed by atoms with Gasteiger partial charge in [-0.15, -0.1) is 0 Å². The van der Waals surface area contributed by atoms with Gasteiger partial charge in [-0.05, 0) is 45.0 Å².